The number of hydrogen-bond donors (Lipinski definition) is 3. The molecule has 1 aliphatic carbocycles. The number of thiocarbonyl (C=S) groups is 1. The number of hydrogen-bond acceptors (Lipinski definition) is 4. The predicted octanol–water partition coefficient (Wildman–Crippen LogP) is 0.523. The Morgan fingerprint density at radius 1 is 1.47 bits per heavy atom. The highest BCUT2D eigenvalue weighted by atomic mass is 32.1. The van der Waals surface area contributed by atoms with Crippen LogP contribution >= 0.6 is 12.2 Å². The van der Waals surface area contributed by atoms with Gasteiger partial charge in [0.15, 0.2) is 5.69 Å². The molecular weight excluding hydrogens is 238 g/mol. The Labute approximate surface area is 104 Å². The summed E-state index contributed by atoms with van der Waals surface area (Å²) < 4.78 is 0. The molecule has 0 aliphatic heterocycles. The van der Waals surface area contributed by atoms with Gasteiger partial charge in [-0.1, -0.05) is 31.5 Å². The normalized spacial score (nSPS) is 18.6. The van der Waals surface area contributed by atoms with Crippen LogP contribution < -0.4 is 11.1 Å². The molecule has 0 bridgehead atoms. The summed E-state index contributed by atoms with van der Waals surface area (Å²) in [6.45, 7) is 0. The van der Waals surface area contributed by atoms with Crippen LogP contribution in [0.25, 0.3) is 0 Å². The van der Waals surface area contributed by atoms with Crippen molar-refractivity contribution in [3.8, 4) is 0 Å². The van der Waals surface area contributed by atoms with E-state index in [4.69, 9.17) is 18.0 Å². The van der Waals surface area contributed by atoms with E-state index in [2.05, 4.69) is 20.7 Å². The van der Waals surface area contributed by atoms with Crippen LogP contribution in [0.4, 0.5) is 0 Å². The molecule has 1 amide bonds. The fourth-order valence-electron chi connectivity index (χ4n) is 2.18. The molecule has 0 radical (unpaired) electrons. The monoisotopic (exact) mass is 253 g/mol. The summed E-state index contributed by atoms with van der Waals surface area (Å²) in [5, 5.41) is 12.7. The molecule has 1 aliphatic rings. The van der Waals surface area contributed by atoms with Gasteiger partial charge in [-0.25, -0.2) is 0 Å². The van der Waals surface area contributed by atoms with Crippen molar-refractivity contribution < 1.29 is 4.79 Å². The molecular formula is C10H15N5OS. The Morgan fingerprint density at radius 2 is 2.18 bits per heavy atom. The largest absolute Gasteiger partial charge is 0.391 e. The number of amides is 1. The lowest BCUT2D eigenvalue weighted by Gasteiger charge is -2.36. The van der Waals surface area contributed by atoms with E-state index < -0.39 is 5.54 Å². The molecule has 1 fully saturated rings. The third kappa shape index (κ3) is 2.44. The highest BCUT2D eigenvalue weighted by Crippen LogP contribution is 2.28. The third-order valence-corrected chi connectivity index (χ3v) is 3.57. The number of nitrogens with one attached hydrogen (secondary N) is 2. The average Bonchev–Trinajstić information content (AvgIpc) is 2.83. The van der Waals surface area contributed by atoms with Gasteiger partial charge in [-0.15, -0.1) is 0 Å². The van der Waals surface area contributed by atoms with Crippen molar-refractivity contribution in [2.75, 3.05) is 0 Å². The molecule has 1 heterocycles. The van der Waals surface area contributed by atoms with Crippen molar-refractivity contribution in [2.45, 2.75) is 37.6 Å². The molecule has 1 saturated carbocycles. The molecule has 7 heteroatoms. The van der Waals surface area contributed by atoms with E-state index in [0.29, 0.717) is 4.99 Å². The van der Waals surface area contributed by atoms with Gasteiger partial charge in [0, 0.05) is 0 Å². The van der Waals surface area contributed by atoms with Crippen molar-refractivity contribution >= 4 is 23.1 Å². The van der Waals surface area contributed by atoms with Gasteiger partial charge in [0.1, 0.15) is 0 Å². The molecule has 1 aromatic heterocycles. The Bertz CT molecular complexity index is 410. The van der Waals surface area contributed by atoms with Gasteiger partial charge < -0.3 is 11.1 Å². The zero-order valence-electron chi connectivity index (χ0n) is 9.40. The summed E-state index contributed by atoms with van der Waals surface area (Å²) in [7, 11) is 0. The number of nitrogens with zero attached hydrogens (tertiary/aromatic N) is 2. The second kappa shape index (κ2) is 4.79. The van der Waals surface area contributed by atoms with Crippen LogP contribution in [-0.2, 0) is 0 Å². The summed E-state index contributed by atoms with van der Waals surface area (Å²) in [4.78, 5) is 12.3. The number of carbonyl (C=O) groups excluding carboxylic acids is 1. The summed E-state index contributed by atoms with van der Waals surface area (Å²) in [5.41, 5.74) is 5.48. The number of carbonyl (C=O) groups is 1. The molecule has 6 nitrogen and oxygen atoms in total. The molecule has 4 N–H and O–H groups in total. The lowest BCUT2D eigenvalue weighted by Crippen LogP contribution is -2.57. The SMILES string of the molecule is NC(=S)C1(NC(=O)c2cn[nH]n2)CCCCC1. The second-order valence-corrected chi connectivity index (χ2v) is 4.76. The first-order valence-electron chi connectivity index (χ1n) is 5.62. The van der Waals surface area contributed by atoms with Gasteiger partial charge in [-0.05, 0) is 12.8 Å². The molecule has 0 spiro atoms. The molecule has 1 aromatic rings. The molecule has 0 aromatic carbocycles. The lowest BCUT2D eigenvalue weighted by atomic mass is 9.81. The summed E-state index contributed by atoms with van der Waals surface area (Å²) in [6.07, 6.45) is 6.18. The van der Waals surface area contributed by atoms with E-state index in [-0.39, 0.29) is 11.6 Å². The van der Waals surface area contributed by atoms with Crippen molar-refractivity contribution in [1.29, 1.82) is 0 Å². The number of H-pyrrole nitrogens is 1. The van der Waals surface area contributed by atoms with Crippen molar-refractivity contribution in [1.82, 2.24) is 20.7 Å². The van der Waals surface area contributed by atoms with E-state index in [0.717, 1.165) is 32.1 Å². The van der Waals surface area contributed by atoms with Gasteiger partial charge in [0.2, 0.25) is 0 Å². The number of nitrogens with two attached hydrogens (primary N) is 1. The first-order valence-corrected chi connectivity index (χ1v) is 6.03. The Kier molecular flexibility index (Phi) is 3.37. The highest BCUT2D eigenvalue weighted by molar-refractivity contribution is 7.80. The number of aromatic amines is 1. The van der Waals surface area contributed by atoms with E-state index >= 15 is 0 Å². The van der Waals surface area contributed by atoms with Crippen LogP contribution in [0, 0.1) is 0 Å². The maximum atomic E-state index is 11.9. The van der Waals surface area contributed by atoms with Crippen molar-refractivity contribution in [3.63, 3.8) is 0 Å². The topological polar surface area (TPSA) is 96.7 Å². The van der Waals surface area contributed by atoms with Gasteiger partial charge in [-0.3, -0.25) is 4.79 Å². The van der Waals surface area contributed by atoms with Gasteiger partial charge in [-0.2, -0.15) is 15.4 Å². The molecule has 92 valence electrons. The lowest BCUT2D eigenvalue weighted by molar-refractivity contribution is 0.0903. The van der Waals surface area contributed by atoms with Crippen LogP contribution in [0.2, 0.25) is 0 Å². The smallest absolute Gasteiger partial charge is 0.274 e. The zero-order chi connectivity index (χ0) is 12.3. The summed E-state index contributed by atoms with van der Waals surface area (Å²) >= 11 is 5.09. The fraction of sp³-hybridized carbons (Fsp3) is 0.600. The minimum Gasteiger partial charge on any atom is -0.391 e. The number of rotatable bonds is 3. The Balaban J connectivity index is 2.13. The fourth-order valence-corrected chi connectivity index (χ4v) is 2.44. The molecule has 2 rings (SSSR count). The highest BCUT2D eigenvalue weighted by Gasteiger charge is 2.37. The van der Waals surface area contributed by atoms with Gasteiger partial charge in [0.25, 0.3) is 5.91 Å². The van der Waals surface area contributed by atoms with Gasteiger partial charge in [0.05, 0.1) is 16.7 Å². The standard InChI is InChI=1S/C10H15N5OS/c11-9(17)10(4-2-1-3-5-10)13-8(16)7-6-12-15-14-7/h6H,1-5H2,(H2,11,17)(H,13,16)(H,12,14,15). The van der Waals surface area contributed by atoms with E-state index in [1.807, 2.05) is 0 Å². The van der Waals surface area contributed by atoms with Crippen LogP contribution in [0.3, 0.4) is 0 Å². The predicted molar refractivity (Wildman–Crippen MR) is 66.5 cm³/mol. The first-order chi connectivity index (χ1) is 8.14. The Morgan fingerprint density at radius 3 is 2.71 bits per heavy atom. The zero-order valence-corrected chi connectivity index (χ0v) is 10.2. The minimum atomic E-state index is -0.552. The van der Waals surface area contributed by atoms with E-state index in [1.54, 1.807) is 0 Å². The summed E-state index contributed by atoms with van der Waals surface area (Å²) in [5.74, 6) is -0.284. The minimum absolute atomic E-state index is 0.256. The molecule has 0 unspecified atom stereocenters. The number of aromatic nitrogens is 3. The summed E-state index contributed by atoms with van der Waals surface area (Å²) in [6, 6.07) is 0. The quantitative estimate of drug-likeness (QED) is 0.682. The van der Waals surface area contributed by atoms with E-state index in [1.165, 1.54) is 6.20 Å². The second-order valence-electron chi connectivity index (χ2n) is 4.32. The van der Waals surface area contributed by atoms with Crippen molar-refractivity contribution in [3.05, 3.63) is 11.9 Å². The maximum Gasteiger partial charge on any atom is 0.274 e. The van der Waals surface area contributed by atoms with Crippen LogP contribution in [0.1, 0.15) is 42.6 Å². The Hall–Kier alpha value is -1.50. The van der Waals surface area contributed by atoms with Gasteiger partial charge >= 0.3 is 0 Å². The molecule has 0 saturated heterocycles. The average molecular weight is 253 g/mol. The third-order valence-electron chi connectivity index (χ3n) is 3.18. The molecule has 17 heavy (non-hydrogen) atoms. The van der Waals surface area contributed by atoms with Crippen molar-refractivity contribution in [2.24, 2.45) is 5.73 Å². The van der Waals surface area contributed by atoms with Crippen LogP contribution in [0.5, 0.6) is 0 Å². The maximum absolute atomic E-state index is 11.9. The van der Waals surface area contributed by atoms with Crippen LogP contribution in [0.15, 0.2) is 6.20 Å². The molecule has 0 atom stereocenters. The first kappa shape index (κ1) is 12.0. The van der Waals surface area contributed by atoms with Crippen LogP contribution in [-0.4, -0.2) is 31.8 Å². The van der Waals surface area contributed by atoms with E-state index in [9.17, 15) is 4.79 Å².